The first-order valence-electron chi connectivity index (χ1n) is 8.75. The summed E-state index contributed by atoms with van der Waals surface area (Å²) in [5, 5.41) is 13.3. The van der Waals surface area contributed by atoms with Gasteiger partial charge in [0.25, 0.3) is 0 Å². The molecule has 1 aromatic heterocycles. The highest BCUT2D eigenvalue weighted by atomic mass is 32.2. The van der Waals surface area contributed by atoms with Crippen molar-refractivity contribution in [3.05, 3.63) is 11.4 Å². The van der Waals surface area contributed by atoms with Crippen LogP contribution in [0.1, 0.15) is 57.3 Å². The SMILES string of the molecule is Cc1nc(SCC(=O)NC2(C#N)CCCCC2)n(CC(C)C)c1C. The molecule has 1 amide bonds. The van der Waals surface area contributed by atoms with Crippen LogP contribution in [-0.2, 0) is 11.3 Å². The molecule has 24 heavy (non-hydrogen) atoms. The maximum absolute atomic E-state index is 12.4. The zero-order valence-corrected chi connectivity index (χ0v) is 16.0. The van der Waals surface area contributed by atoms with Gasteiger partial charge in [0, 0.05) is 12.2 Å². The molecule has 1 heterocycles. The number of nitriles is 1. The Kier molecular flexibility index (Phi) is 6.34. The number of thioether (sulfide) groups is 1. The highest BCUT2D eigenvalue weighted by Crippen LogP contribution is 2.28. The highest BCUT2D eigenvalue weighted by molar-refractivity contribution is 7.99. The average Bonchev–Trinajstić information content (AvgIpc) is 2.81. The quantitative estimate of drug-likeness (QED) is 0.798. The molecular formula is C18H28N4OS. The van der Waals surface area contributed by atoms with Gasteiger partial charge in [0.1, 0.15) is 5.54 Å². The molecule has 0 saturated heterocycles. The zero-order chi connectivity index (χ0) is 17.7. The first kappa shape index (κ1) is 18.9. The molecule has 6 heteroatoms. The Hall–Kier alpha value is -1.48. The molecule has 0 aliphatic heterocycles. The van der Waals surface area contributed by atoms with E-state index in [4.69, 9.17) is 0 Å². The number of nitrogens with zero attached hydrogens (tertiary/aromatic N) is 3. The van der Waals surface area contributed by atoms with Crippen LogP contribution in [0.4, 0.5) is 0 Å². The number of carbonyl (C=O) groups is 1. The van der Waals surface area contributed by atoms with Gasteiger partial charge in [0.2, 0.25) is 5.91 Å². The summed E-state index contributed by atoms with van der Waals surface area (Å²) in [5.41, 5.74) is 1.52. The standard InChI is InChI=1S/C18H28N4OS/c1-13(2)10-22-15(4)14(3)20-17(22)24-11-16(23)21-18(12-19)8-6-5-7-9-18/h13H,5-11H2,1-4H3,(H,21,23). The third-order valence-corrected chi connectivity index (χ3v) is 5.58. The highest BCUT2D eigenvalue weighted by Gasteiger charge is 2.33. The zero-order valence-electron chi connectivity index (χ0n) is 15.2. The maximum atomic E-state index is 12.4. The lowest BCUT2D eigenvalue weighted by Crippen LogP contribution is -2.49. The summed E-state index contributed by atoms with van der Waals surface area (Å²) >= 11 is 1.46. The smallest absolute Gasteiger partial charge is 0.231 e. The molecule has 0 atom stereocenters. The molecule has 2 rings (SSSR count). The summed E-state index contributed by atoms with van der Waals surface area (Å²) in [7, 11) is 0. The normalized spacial score (nSPS) is 16.8. The number of hydrogen-bond acceptors (Lipinski definition) is 4. The lowest BCUT2D eigenvalue weighted by atomic mass is 9.83. The number of amides is 1. The van der Waals surface area contributed by atoms with Gasteiger partial charge in [0.15, 0.2) is 5.16 Å². The van der Waals surface area contributed by atoms with Crippen LogP contribution in [0.3, 0.4) is 0 Å². The van der Waals surface area contributed by atoms with Crippen LogP contribution in [0.25, 0.3) is 0 Å². The van der Waals surface area contributed by atoms with Crippen LogP contribution in [-0.4, -0.2) is 26.8 Å². The minimum Gasteiger partial charge on any atom is -0.337 e. The van der Waals surface area contributed by atoms with Crippen molar-refractivity contribution < 1.29 is 4.79 Å². The number of imidazole rings is 1. The Bertz CT molecular complexity index is 624. The molecule has 1 aliphatic carbocycles. The van der Waals surface area contributed by atoms with Crippen molar-refractivity contribution in [2.75, 3.05) is 5.75 Å². The van der Waals surface area contributed by atoms with Gasteiger partial charge in [-0.3, -0.25) is 4.79 Å². The topological polar surface area (TPSA) is 70.7 Å². The van der Waals surface area contributed by atoms with Crippen molar-refractivity contribution in [3.8, 4) is 6.07 Å². The van der Waals surface area contributed by atoms with Crippen LogP contribution in [0, 0.1) is 31.1 Å². The number of rotatable bonds is 6. The summed E-state index contributed by atoms with van der Waals surface area (Å²) < 4.78 is 2.19. The van der Waals surface area contributed by atoms with E-state index in [1.54, 1.807) is 0 Å². The molecule has 1 fully saturated rings. The van der Waals surface area contributed by atoms with Gasteiger partial charge in [0.05, 0.1) is 17.5 Å². The van der Waals surface area contributed by atoms with E-state index in [2.05, 4.69) is 41.7 Å². The summed E-state index contributed by atoms with van der Waals surface area (Å²) in [6.45, 7) is 9.33. The van der Waals surface area contributed by atoms with E-state index in [-0.39, 0.29) is 5.91 Å². The molecule has 1 N–H and O–H groups in total. The van der Waals surface area contributed by atoms with Gasteiger partial charge < -0.3 is 9.88 Å². The molecular weight excluding hydrogens is 320 g/mol. The van der Waals surface area contributed by atoms with E-state index < -0.39 is 5.54 Å². The van der Waals surface area contributed by atoms with E-state index in [9.17, 15) is 10.1 Å². The summed E-state index contributed by atoms with van der Waals surface area (Å²) in [4.78, 5) is 17.0. The van der Waals surface area contributed by atoms with E-state index in [0.717, 1.165) is 55.2 Å². The Morgan fingerprint density at radius 3 is 2.62 bits per heavy atom. The number of aryl methyl sites for hydroxylation is 1. The van der Waals surface area contributed by atoms with Crippen LogP contribution < -0.4 is 5.32 Å². The van der Waals surface area contributed by atoms with E-state index in [1.807, 2.05) is 6.92 Å². The van der Waals surface area contributed by atoms with Crippen LogP contribution in [0.2, 0.25) is 0 Å². The second-order valence-corrected chi connectivity index (χ2v) is 8.10. The van der Waals surface area contributed by atoms with E-state index in [0.29, 0.717) is 11.7 Å². The van der Waals surface area contributed by atoms with E-state index in [1.165, 1.54) is 11.8 Å². The Labute approximate surface area is 149 Å². The van der Waals surface area contributed by atoms with Gasteiger partial charge in [-0.25, -0.2) is 4.98 Å². The largest absolute Gasteiger partial charge is 0.337 e. The molecule has 0 bridgehead atoms. The number of carbonyl (C=O) groups excluding carboxylic acids is 1. The average molecular weight is 349 g/mol. The fourth-order valence-corrected chi connectivity index (χ4v) is 4.07. The lowest BCUT2D eigenvalue weighted by Gasteiger charge is -2.31. The Morgan fingerprint density at radius 1 is 1.38 bits per heavy atom. The molecule has 1 aliphatic rings. The third kappa shape index (κ3) is 4.54. The molecule has 0 spiro atoms. The minimum atomic E-state index is -0.658. The summed E-state index contributed by atoms with van der Waals surface area (Å²) in [6.07, 6.45) is 4.70. The Morgan fingerprint density at radius 2 is 2.04 bits per heavy atom. The minimum absolute atomic E-state index is 0.0714. The summed E-state index contributed by atoms with van der Waals surface area (Å²) in [5.74, 6) is 0.754. The second-order valence-electron chi connectivity index (χ2n) is 7.16. The molecule has 132 valence electrons. The number of aromatic nitrogens is 2. The van der Waals surface area contributed by atoms with Crippen molar-refractivity contribution in [2.24, 2.45) is 5.92 Å². The molecule has 0 aromatic carbocycles. The Balaban J connectivity index is 1.99. The molecule has 5 nitrogen and oxygen atoms in total. The van der Waals surface area contributed by atoms with Crippen molar-refractivity contribution in [2.45, 2.75) is 77.0 Å². The third-order valence-electron chi connectivity index (χ3n) is 4.60. The van der Waals surface area contributed by atoms with Crippen LogP contribution in [0.15, 0.2) is 5.16 Å². The molecule has 1 saturated carbocycles. The first-order chi connectivity index (χ1) is 11.4. The number of hydrogen-bond donors (Lipinski definition) is 1. The van der Waals surface area contributed by atoms with Gasteiger partial charge in [-0.1, -0.05) is 44.9 Å². The van der Waals surface area contributed by atoms with Crippen molar-refractivity contribution in [3.63, 3.8) is 0 Å². The monoisotopic (exact) mass is 348 g/mol. The lowest BCUT2D eigenvalue weighted by molar-refractivity contribution is -0.120. The first-order valence-corrected chi connectivity index (χ1v) is 9.74. The summed E-state index contributed by atoms with van der Waals surface area (Å²) in [6, 6.07) is 2.34. The fourth-order valence-electron chi connectivity index (χ4n) is 3.17. The molecule has 0 unspecified atom stereocenters. The predicted octanol–water partition coefficient (Wildman–Crippen LogP) is 3.59. The van der Waals surface area contributed by atoms with Crippen LogP contribution in [0.5, 0.6) is 0 Å². The van der Waals surface area contributed by atoms with Gasteiger partial charge in [-0.2, -0.15) is 5.26 Å². The van der Waals surface area contributed by atoms with Gasteiger partial charge >= 0.3 is 0 Å². The van der Waals surface area contributed by atoms with Crippen molar-refractivity contribution in [1.82, 2.24) is 14.9 Å². The van der Waals surface area contributed by atoms with Crippen LogP contribution >= 0.6 is 11.8 Å². The van der Waals surface area contributed by atoms with Crippen molar-refractivity contribution >= 4 is 17.7 Å². The van der Waals surface area contributed by atoms with E-state index >= 15 is 0 Å². The van der Waals surface area contributed by atoms with Crippen molar-refractivity contribution in [1.29, 1.82) is 5.26 Å². The number of nitrogens with one attached hydrogen (secondary N) is 1. The van der Waals surface area contributed by atoms with Gasteiger partial charge in [-0.15, -0.1) is 0 Å². The molecule has 0 radical (unpaired) electrons. The van der Waals surface area contributed by atoms with Gasteiger partial charge in [-0.05, 0) is 32.6 Å². The fraction of sp³-hybridized carbons (Fsp3) is 0.722. The predicted molar refractivity (Wildman–Crippen MR) is 96.8 cm³/mol. The maximum Gasteiger partial charge on any atom is 0.231 e. The molecule has 1 aromatic rings. The second kappa shape index (κ2) is 8.06.